The summed E-state index contributed by atoms with van der Waals surface area (Å²) in [6.07, 6.45) is 1.01. The summed E-state index contributed by atoms with van der Waals surface area (Å²) in [5, 5.41) is 3.31. The summed E-state index contributed by atoms with van der Waals surface area (Å²) in [5.41, 5.74) is -1.44. The summed E-state index contributed by atoms with van der Waals surface area (Å²) >= 11 is 0. The molecule has 1 N–H and O–H groups in total. The molecule has 0 saturated heterocycles. The van der Waals surface area contributed by atoms with Gasteiger partial charge in [0.1, 0.15) is 17.5 Å². The standard InChI is InChI=1S/C26H30F3N3O3/c1-15(17-7-6-8-19(23(17)27)25(3,28)29)30-24-18-11-22(35-14-26(9-10-26)13-33-4)21(34-5)12-20(18)31-16(2)32-24/h6-8,11-12,15H,9-10,13-14H2,1-5H3,(H,30,31,32)/t15-/m1/s1/i5D3,14D2. The Kier molecular flexibility index (Phi) is 5.21. The zero-order chi connectivity index (χ0) is 29.7. The van der Waals surface area contributed by atoms with Gasteiger partial charge in [-0.25, -0.2) is 23.1 Å². The van der Waals surface area contributed by atoms with Crippen LogP contribution in [0.1, 0.15) is 56.5 Å². The van der Waals surface area contributed by atoms with Crippen molar-refractivity contribution < 1.29 is 34.2 Å². The molecular formula is C26H30F3N3O3. The Labute approximate surface area is 209 Å². The van der Waals surface area contributed by atoms with Gasteiger partial charge in [-0.15, -0.1) is 0 Å². The van der Waals surface area contributed by atoms with Crippen molar-refractivity contribution in [3.63, 3.8) is 0 Å². The summed E-state index contributed by atoms with van der Waals surface area (Å²) in [4.78, 5) is 8.73. The Hall–Kier alpha value is -3.07. The lowest BCUT2D eigenvalue weighted by molar-refractivity contribution is 0.0136. The van der Waals surface area contributed by atoms with Gasteiger partial charge in [-0.1, -0.05) is 18.2 Å². The molecule has 0 aliphatic heterocycles. The quantitative estimate of drug-likeness (QED) is 0.363. The molecule has 1 fully saturated rings. The molecule has 4 rings (SSSR count). The Morgan fingerprint density at radius 3 is 2.69 bits per heavy atom. The van der Waals surface area contributed by atoms with E-state index in [9.17, 15) is 8.78 Å². The topological polar surface area (TPSA) is 65.5 Å². The van der Waals surface area contributed by atoms with E-state index in [1.807, 2.05) is 0 Å². The lowest BCUT2D eigenvalue weighted by Gasteiger charge is -2.21. The average molecular weight is 495 g/mol. The molecule has 0 radical (unpaired) electrons. The van der Waals surface area contributed by atoms with E-state index in [0.717, 1.165) is 6.07 Å². The summed E-state index contributed by atoms with van der Waals surface area (Å²) in [6.45, 7) is 1.63. The predicted molar refractivity (Wildman–Crippen MR) is 128 cm³/mol. The van der Waals surface area contributed by atoms with Gasteiger partial charge in [-0.2, -0.15) is 0 Å². The fraction of sp³-hybridized carbons (Fsp3) is 0.462. The molecule has 1 heterocycles. The number of nitrogens with one attached hydrogen (secondary N) is 1. The molecule has 9 heteroatoms. The van der Waals surface area contributed by atoms with Gasteiger partial charge in [0, 0.05) is 36.5 Å². The maximum Gasteiger partial charge on any atom is 0.273 e. The fourth-order valence-corrected chi connectivity index (χ4v) is 3.89. The highest BCUT2D eigenvalue weighted by Crippen LogP contribution is 2.47. The SMILES string of the molecule is [2H]C([2H])([2H])Oc1cc2nc(C)nc(N[C@H](C)c3cccc(C(C)(F)F)c3F)c2cc1OC([2H])([2H])C1(COC)CC1. The first-order valence-corrected chi connectivity index (χ1v) is 11.1. The Balaban J connectivity index is 1.79. The van der Waals surface area contributed by atoms with Gasteiger partial charge in [0.25, 0.3) is 5.92 Å². The Morgan fingerprint density at radius 2 is 2.03 bits per heavy atom. The van der Waals surface area contributed by atoms with Crippen LogP contribution < -0.4 is 14.8 Å². The minimum atomic E-state index is -3.38. The first-order chi connectivity index (χ1) is 18.5. The van der Waals surface area contributed by atoms with Gasteiger partial charge in [-0.3, -0.25) is 0 Å². The number of hydrogen-bond acceptors (Lipinski definition) is 6. The van der Waals surface area contributed by atoms with Crippen molar-refractivity contribution in [2.45, 2.75) is 45.6 Å². The molecule has 1 saturated carbocycles. The normalized spacial score (nSPS) is 18.5. The van der Waals surface area contributed by atoms with Crippen molar-refractivity contribution in [3.05, 3.63) is 53.1 Å². The number of benzene rings is 2. The van der Waals surface area contributed by atoms with Crippen LogP contribution in [0.4, 0.5) is 19.0 Å². The number of halogens is 3. The molecule has 1 atom stereocenters. The van der Waals surface area contributed by atoms with Crippen LogP contribution in [-0.4, -0.2) is 37.3 Å². The zero-order valence-electron chi connectivity index (χ0n) is 24.8. The van der Waals surface area contributed by atoms with Crippen LogP contribution in [0.15, 0.2) is 30.3 Å². The summed E-state index contributed by atoms with van der Waals surface area (Å²) in [7, 11) is -1.42. The minimum Gasteiger partial charge on any atom is -0.493 e. The van der Waals surface area contributed by atoms with Crippen LogP contribution in [0.25, 0.3) is 10.9 Å². The first-order valence-electron chi connectivity index (χ1n) is 13.6. The van der Waals surface area contributed by atoms with E-state index in [-0.39, 0.29) is 46.2 Å². The van der Waals surface area contributed by atoms with Gasteiger partial charge in [-0.05, 0) is 32.8 Å². The van der Waals surface area contributed by atoms with Crippen LogP contribution in [0.3, 0.4) is 0 Å². The summed E-state index contributed by atoms with van der Waals surface area (Å²) < 4.78 is 98.9. The molecule has 0 bridgehead atoms. The molecule has 0 amide bonds. The molecule has 3 aromatic rings. The van der Waals surface area contributed by atoms with Crippen molar-refractivity contribution in [2.75, 3.05) is 32.6 Å². The van der Waals surface area contributed by atoms with E-state index < -0.39 is 42.4 Å². The third-order valence-corrected chi connectivity index (χ3v) is 5.96. The van der Waals surface area contributed by atoms with Crippen molar-refractivity contribution in [1.82, 2.24) is 9.97 Å². The monoisotopic (exact) mass is 494 g/mol. The third-order valence-electron chi connectivity index (χ3n) is 5.96. The molecule has 1 aromatic heterocycles. The van der Waals surface area contributed by atoms with E-state index in [2.05, 4.69) is 15.3 Å². The number of anilines is 1. The van der Waals surface area contributed by atoms with Crippen LogP contribution >= 0.6 is 0 Å². The molecule has 35 heavy (non-hydrogen) atoms. The number of methoxy groups -OCH3 is 2. The molecule has 1 aliphatic rings. The van der Waals surface area contributed by atoms with Gasteiger partial charge in [0.05, 0.1) is 44.2 Å². The van der Waals surface area contributed by atoms with Gasteiger partial charge in [0.15, 0.2) is 11.5 Å². The molecule has 0 unspecified atom stereocenters. The highest BCUT2D eigenvalue weighted by molar-refractivity contribution is 5.92. The van der Waals surface area contributed by atoms with Crippen molar-refractivity contribution >= 4 is 16.7 Å². The number of nitrogens with zero attached hydrogens (tertiary/aromatic N) is 2. The molecule has 188 valence electrons. The fourth-order valence-electron chi connectivity index (χ4n) is 3.89. The first kappa shape index (κ1) is 19.2. The smallest absolute Gasteiger partial charge is 0.273 e. The number of aromatic nitrogens is 2. The minimum absolute atomic E-state index is 0.0196. The molecule has 0 spiro atoms. The van der Waals surface area contributed by atoms with Gasteiger partial charge >= 0.3 is 0 Å². The number of rotatable bonds is 10. The number of hydrogen-bond donors (Lipinski definition) is 1. The number of ether oxygens (including phenoxy) is 3. The second-order valence-electron chi connectivity index (χ2n) is 8.92. The number of fused-ring (bicyclic) bond motifs is 1. The number of alkyl halides is 2. The average Bonchev–Trinajstić information content (AvgIpc) is 3.60. The lowest BCUT2D eigenvalue weighted by Crippen LogP contribution is -2.18. The van der Waals surface area contributed by atoms with Crippen LogP contribution in [0.5, 0.6) is 11.5 Å². The van der Waals surface area contributed by atoms with E-state index in [1.165, 1.54) is 31.4 Å². The highest BCUT2D eigenvalue weighted by atomic mass is 19.3. The van der Waals surface area contributed by atoms with Crippen LogP contribution in [0.2, 0.25) is 0 Å². The van der Waals surface area contributed by atoms with Gasteiger partial charge in [0.2, 0.25) is 0 Å². The largest absolute Gasteiger partial charge is 0.493 e. The molecular weight excluding hydrogens is 459 g/mol. The predicted octanol–water partition coefficient (Wildman–Crippen LogP) is 6.18. The Bertz CT molecular complexity index is 1410. The van der Waals surface area contributed by atoms with E-state index >= 15 is 4.39 Å². The number of aryl methyl sites for hydroxylation is 1. The highest BCUT2D eigenvalue weighted by Gasteiger charge is 2.43. The molecule has 2 aromatic carbocycles. The van der Waals surface area contributed by atoms with Crippen molar-refractivity contribution in [2.24, 2.45) is 5.41 Å². The Morgan fingerprint density at radius 1 is 1.26 bits per heavy atom. The molecule has 6 nitrogen and oxygen atoms in total. The van der Waals surface area contributed by atoms with E-state index in [4.69, 9.17) is 21.1 Å². The third kappa shape index (κ3) is 5.29. The maximum absolute atomic E-state index is 15.1. The van der Waals surface area contributed by atoms with E-state index in [0.29, 0.717) is 19.8 Å². The summed E-state index contributed by atoms with van der Waals surface area (Å²) in [5.74, 6) is -4.46. The lowest BCUT2D eigenvalue weighted by atomic mass is 10.0. The van der Waals surface area contributed by atoms with Crippen LogP contribution in [-0.2, 0) is 10.7 Å². The summed E-state index contributed by atoms with van der Waals surface area (Å²) in [6, 6.07) is 5.56. The van der Waals surface area contributed by atoms with Gasteiger partial charge < -0.3 is 19.5 Å². The van der Waals surface area contributed by atoms with E-state index in [1.54, 1.807) is 13.8 Å². The van der Waals surface area contributed by atoms with Crippen LogP contribution in [0, 0.1) is 18.2 Å². The van der Waals surface area contributed by atoms with Crippen molar-refractivity contribution in [1.29, 1.82) is 0 Å². The second-order valence-corrected chi connectivity index (χ2v) is 8.92. The maximum atomic E-state index is 15.1. The second kappa shape index (κ2) is 9.53. The zero-order valence-corrected chi connectivity index (χ0v) is 19.8. The molecule has 1 aliphatic carbocycles. The van der Waals surface area contributed by atoms with Crippen molar-refractivity contribution in [3.8, 4) is 11.5 Å².